The monoisotopic (exact) mass is 495 g/mol. The van der Waals surface area contributed by atoms with Gasteiger partial charge in [0.05, 0.1) is 11.3 Å². The van der Waals surface area contributed by atoms with E-state index in [4.69, 9.17) is 0 Å². The summed E-state index contributed by atoms with van der Waals surface area (Å²) in [6.45, 7) is 0. The molecular weight excluding hydrogens is 474 g/mol. The van der Waals surface area contributed by atoms with Crippen molar-refractivity contribution in [1.29, 1.82) is 5.26 Å². The van der Waals surface area contributed by atoms with Gasteiger partial charge >= 0.3 is 0 Å². The Balaban J connectivity index is 1.33. The lowest BCUT2D eigenvalue weighted by Crippen LogP contribution is -2.14. The van der Waals surface area contributed by atoms with Crippen molar-refractivity contribution in [2.45, 2.75) is 4.90 Å². The Bertz CT molecular complexity index is 1390. The van der Waals surface area contributed by atoms with Gasteiger partial charge in [-0.2, -0.15) is 5.26 Å². The fraction of sp³-hybridized carbons (Fsp3) is 0.0357. The van der Waals surface area contributed by atoms with Gasteiger partial charge in [0, 0.05) is 27.6 Å². The Morgan fingerprint density at radius 1 is 0.943 bits per heavy atom. The fourth-order valence-electron chi connectivity index (χ4n) is 3.29. The lowest BCUT2D eigenvalue weighted by molar-refractivity contribution is -0.114. The number of benzene rings is 3. The molecule has 0 atom stereocenters. The second-order valence-corrected chi connectivity index (χ2v) is 9.36. The number of thioether (sulfide) groups is 1. The largest absolute Gasteiger partial charge is 0.322 e. The highest BCUT2D eigenvalue weighted by Gasteiger charge is 2.15. The topological polar surface area (TPSA) is 82.0 Å². The molecule has 0 aliphatic carbocycles. The Kier molecular flexibility index (Phi) is 8.12. The number of hydrogen-bond acceptors (Lipinski definition) is 5. The van der Waals surface area contributed by atoms with Crippen LogP contribution in [0.3, 0.4) is 0 Å². The first-order valence-electron chi connectivity index (χ1n) is 10.8. The zero-order valence-corrected chi connectivity index (χ0v) is 20.2. The van der Waals surface area contributed by atoms with Crippen LogP contribution in [0.4, 0.5) is 10.7 Å². The lowest BCUT2D eigenvalue weighted by atomic mass is 10.1. The van der Waals surface area contributed by atoms with Gasteiger partial charge in [-0.15, -0.1) is 23.1 Å². The van der Waals surface area contributed by atoms with E-state index in [1.54, 1.807) is 12.1 Å². The third-order valence-electron chi connectivity index (χ3n) is 4.94. The molecule has 1 heterocycles. The number of anilines is 2. The number of nitriles is 1. The highest BCUT2D eigenvalue weighted by Crippen LogP contribution is 2.35. The van der Waals surface area contributed by atoms with Crippen molar-refractivity contribution in [3.05, 3.63) is 108 Å². The first-order valence-corrected chi connectivity index (χ1v) is 12.6. The summed E-state index contributed by atoms with van der Waals surface area (Å²) < 4.78 is 0. The molecule has 0 radical (unpaired) electrons. The minimum Gasteiger partial charge on any atom is -0.322 e. The van der Waals surface area contributed by atoms with E-state index in [-0.39, 0.29) is 17.6 Å². The molecule has 3 aromatic carbocycles. The molecule has 172 valence electrons. The summed E-state index contributed by atoms with van der Waals surface area (Å²) in [4.78, 5) is 25.7. The number of carbonyl (C=O) groups is 2. The standard InChI is InChI=1S/C28H21N3O2S2/c29-17-24-25(21-10-5-2-6-11-21)18-35-28(24)31-27(33)19-34-23-13-7-12-22(16-23)30-26(32)15-14-20-8-3-1-4-9-20/h1-16,18H,19H2,(H,30,32)(H,31,33)/b15-14+. The quantitative estimate of drug-likeness (QED) is 0.211. The minimum absolute atomic E-state index is 0.175. The molecule has 0 saturated heterocycles. The fourth-order valence-corrected chi connectivity index (χ4v) is 4.98. The molecule has 0 saturated carbocycles. The predicted molar refractivity (Wildman–Crippen MR) is 144 cm³/mol. The minimum atomic E-state index is -0.232. The molecule has 0 aliphatic rings. The van der Waals surface area contributed by atoms with Crippen LogP contribution in [0.1, 0.15) is 11.1 Å². The van der Waals surface area contributed by atoms with Gasteiger partial charge in [0.15, 0.2) is 0 Å². The van der Waals surface area contributed by atoms with Crippen LogP contribution in [0.15, 0.2) is 101 Å². The van der Waals surface area contributed by atoms with E-state index in [1.807, 2.05) is 84.2 Å². The van der Waals surface area contributed by atoms with Gasteiger partial charge in [0.1, 0.15) is 11.1 Å². The highest BCUT2D eigenvalue weighted by atomic mass is 32.2. The normalized spacial score (nSPS) is 10.6. The number of nitrogens with one attached hydrogen (secondary N) is 2. The molecule has 2 N–H and O–H groups in total. The molecule has 0 unspecified atom stereocenters. The molecular formula is C28H21N3O2S2. The van der Waals surface area contributed by atoms with Crippen molar-refractivity contribution in [1.82, 2.24) is 0 Å². The highest BCUT2D eigenvalue weighted by molar-refractivity contribution is 8.00. The Morgan fingerprint density at radius 3 is 2.43 bits per heavy atom. The molecule has 0 spiro atoms. The summed E-state index contributed by atoms with van der Waals surface area (Å²) in [5, 5.41) is 17.8. The van der Waals surface area contributed by atoms with Gasteiger partial charge < -0.3 is 10.6 Å². The van der Waals surface area contributed by atoms with E-state index in [1.165, 1.54) is 29.2 Å². The van der Waals surface area contributed by atoms with Crippen LogP contribution in [0.5, 0.6) is 0 Å². The van der Waals surface area contributed by atoms with Crippen LogP contribution in [0.25, 0.3) is 17.2 Å². The summed E-state index contributed by atoms with van der Waals surface area (Å²) in [5.41, 5.74) is 3.81. The van der Waals surface area contributed by atoms with Crippen LogP contribution in [-0.2, 0) is 9.59 Å². The zero-order valence-electron chi connectivity index (χ0n) is 18.6. The number of carbonyl (C=O) groups excluding carboxylic acids is 2. The van der Waals surface area contributed by atoms with Crippen LogP contribution < -0.4 is 10.6 Å². The van der Waals surface area contributed by atoms with Crippen LogP contribution in [-0.4, -0.2) is 17.6 Å². The summed E-state index contributed by atoms with van der Waals surface area (Å²) >= 11 is 2.70. The van der Waals surface area contributed by atoms with Crippen molar-refractivity contribution in [2.75, 3.05) is 16.4 Å². The van der Waals surface area contributed by atoms with E-state index in [9.17, 15) is 14.9 Å². The first-order chi connectivity index (χ1) is 17.1. The molecule has 7 heteroatoms. The van der Waals surface area contributed by atoms with Gasteiger partial charge in [0.25, 0.3) is 0 Å². The number of rotatable bonds is 8. The maximum absolute atomic E-state index is 12.6. The van der Waals surface area contributed by atoms with Crippen LogP contribution in [0, 0.1) is 11.3 Å². The van der Waals surface area contributed by atoms with Crippen molar-refractivity contribution >= 4 is 51.7 Å². The Labute approximate surface area is 212 Å². The Hall–Kier alpha value is -4.12. The number of thiophene rings is 1. The molecule has 4 aromatic rings. The molecule has 5 nitrogen and oxygen atoms in total. The predicted octanol–water partition coefficient (Wildman–Crippen LogP) is 6.67. The summed E-state index contributed by atoms with van der Waals surface area (Å²) in [5.74, 6) is -0.257. The first kappa shape index (κ1) is 24.0. The van der Waals surface area contributed by atoms with Crippen LogP contribution in [0.2, 0.25) is 0 Å². The third kappa shape index (κ3) is 6.70. The molecule has 0 fully saturated rings. The van der Waals surface area contributed by atoms with Crippen molar-refractivity contribution in [3.63, 3.8) is 0 Å². The van der Waals surface area contributed by atoms with E-state index in [0.717, 1.165) is 21.6 Å². The van der Waals surface area contributed by atoms with Gasteiger partial charge in [0.2, 0.25) is 11.8 Å². The number of nitrogens with zero attached hydrogens (tertiary/aromatic N) is 1. The van der Waals surface area contributed by atoms with Crippen LogP contribution >= 0.6 is 23.1 Å². The maximum atomic E-state index is 12.6. The van der Waals surface area contributed by atoms with E-state index < -0.39 is 0 Å². The molecule has 35 heavy (non-hydrogen) atoms. The summed E-state index contributed by atoms with van der Waals surface area (Å²) in [6, 6.07) is 28.8. The van der Waals surface area contributed by atoms with E-state index >= 15 is 0 Å². The summed E-state index contributed by atoms with van der Waals surface area (Å²) in [6.07, 6.45) is 3.24. The average molecular weight is 496 g/mol. The molecule has 4 rings (SSSR count). The Morgan fingerprint density at radius 2 is 1.69 bits per heavy atom. The van der Waals surface area contributed by atoms with Crippen molar-refractivity contribution in [3.8, 4) is 17.2 Å². The third-order valence-corrected chi connectivity index (χ3v) is 6.83. The van der Waals surface area contributed by atoms with Crippen molar-refractivity contribution < 1.29 is 9.59 Å². The van der Waals surface area contributed by atoms with Gasteiger partial charge in [-0.25, -0.2) is 0 Å². The molecule has 1 aromatic heterocycles. The second kappa shape index (κ2) is 11.8. The molecule has 2 amide bonds. The maximum Gasteiger partial charge on any atom is 0.248 e. The van der Waals surface area contributed by atoms with Gasteiger partial charge in [-0.1, -0.05) is 66.7 Å². The SMILES string of the molecule is N#Cc1c(-c2ccccc2)csc1NC(=O)CSc1cccc(NC(=O)/C=C/c2ccccc2)c1. The number of amides is 2. The van der Waals surface area contributed by atoms with Gasteiger partial charge in [-0.05, 0) is 35.4 Å². The van der Waals surface area contributed by atoms with Crippen molar-refractivity contribution in [2.24, 2.45) is 0 Å². The van der Waals surface area contributed by atoms with E-state index in [2.05, 4.69) is 16.7 Å². The average Bonchev–Trinajstić information content (AvgIpc) is 3.30. The zero-order chi connectivity index (χ0) is 24.5. The summed E-state index contributed by atoms with van der Waals surface area (Å²) in [7, 11) is 0. The van der Waals surface area contributed by atoms with Gasteiger partial charge in [-0.3, -0.25) is 9.59 Å². The van der Waals surface area contributed by atoms with E-state index in [0.29, 0.717) is 16.3 Å². The lowest BCUT2D eigenvalue weighted by Gasteiger charge is -2.07. The second-order valence-electron chi connectivity index (χ2n) is 7.43. The number of hydrogen-bond donors (Lipinski definition) is 2. The molecule has 0 bridgehead atoms. The molecule has 0 aliphatic heterocycles. The smallest absolute Gasteiger partial charge is 0.248 e.